The quantitative estimate of drug-likeness (QED) is 0.717. The fraction of sp³-hybridized carbons (Fsp3) is 0.500. The second kappa shape index (κ2) is 7.22. The Morgan fingerprint density at radius 3 is 2.69 bits per heavy atom. The number of carbonyl (C=O) groups is 1. The molecular weight excluding hydrogens is 358 g/mol. The third-order valence-electron chi connectivity index (χ3n) is 4.79. The predicted molar refractivity (Wildman–Crippen MR) is 97.6 cm³/mol. The van der Waals surface area contributed by atoms with E-state index in [1.165, 1.54) is 9.13 Å². The molecule has 1 amide bonds. The fourth-order valence-corrected chi connectivity index (χ4v) is 3.91. The van der Waals surface area contributed by atoms with Crippen molar-refractivity contribution in [3.63, 3.8) is 0 Å². The van der Waals surface area contributed by atoms with Crippen LogP contribution in [0.4, 0.5) is 0 Å². The van der Waals surface area contributed by atoms with E-state index in [-0.39, 0.29) is 30.6 Å². The molecule has 0 spiro atoms. The zero-order chi connectivity index (χ0) is 18.9. The molecule has 1 aromatic carbocycles. The van der Waals surface area contributed by atoms with Gasteiger partial charge < -0.3 is 4.90 Å². The Labute approximate surface area is 151 Å². The highest BCUT2D eigenvalue weighted by Crippen LogP contribution is 2.17. The van der Waals surface area contributed by atoms with Crippen molar-refractivity contribution >= 4 is 27.1 Å². The number of aromatic nitrogens is 2. The predicted octanol–water partition coefficient (Wildman–Crippen LogP) is -0.628. The number of aryl methyl sites for hydroxylation is 1. The second-order valence-corrected chi connectivity index (χ2v) is 8.04. The number of piperidine rings is 1. The molecule has 1 aliphatic rings. The molecule has 1 atom stereocenters. The molecule has 142 valence electrons. The number of rotatable bonds is 5. The number of imidazole rings is 1. The maximum atomic E-state index is 12.7. The van der Waals surface area contributed by atoms with Crippen molar-refractivity contribution in [1.29, 1.82) is 0 Å². The Balaban J connectivity index is 1.72. The van der Waals surface area contributed by atoms with Gasteiger partial charge in [-0.1, -0.05) is 12.1 Å². The fourth-order valence-electron chi connectivity index (χ4n) is 3.44. The topological polar surface area (TPSA) is 119 Å². The van der Waals surface area contributed by atoms with E-state index < -0.39 is 10.2 Å². The number of hydrogen-bond donors (Lipinski definition) is 2. The molecule has 0 aliphatic carbocycles. The van der Waals surface area contributed by atoms with Crippen LogP contribution < -0.4 is 15.6 Å². The standard InChI is InChI=1S/C16H23N5O4S/c1-19-13-6-2-3-7-14(13)21(16(19)23)11-15(22)20-8-4-5-12(10-20)9-18-26(17,24)25/h2-3,6-7,12,18H,4-5,8-11H2,1H3,(H2,17,24,25). The maximum Gasteiger partial charge on any atom is 0.329 e. The molecule has 2 aromatic rings. The van der Waals surface area contributed by atoms with Crippen LogP contribution in [0.2, 0.25) is 0 Å². The summed E-state index contributed by atoms with van der Waals surface area (Å²) in [5, 5.41) is 4.96. The molecule has 1 saturated heterocycles. The summed E-state index contributed by atoms with van der Waals surface area (Å²) in [4.78, 5) is 26.8. The number of nitrogens with zero attached hydrogens (tertiary/aromatic N) is 3. The number of likely N-dealkylation sites (tertiary alicyclic amines) is 1. The molecule has 1 unspecified atom stereocenters. The van der Waals surface area contributed by atoms with Crippen LogP contribution in [0, 0.1) is 5.92 Å². The minimum Gasteiger partial charge on any atom is -0.341 e. The summed E-state index contributed by atoms with van der Waals surface area (Å²) in [7, 11) is -2.06. The number of fused-ring (bicyclic) bond motifs is 1. The van der Waals surface area contributed by atoms with E-state index in [1.807, 2.05) is 24.3 Å². The Morgan fingerprint density at radius 2 is 2.00 bits per heavy atom. The summed E-state index contributed by atoms with van der Waals surface area (Å²) < 4.78 is 27.4. The lowest BCUT2D eigenvalue weighted by Gasteiger charge is -2.32. The van der Waals surface area contributed by atoms with E-state index in [0.717, 1.165) is 23.9 Å². The number of nitrogens with two attached hydrogens (primary N) is 1. The molecular formula is C16H23N5O4S. The molecule has 2 heterocycles. The van der Waals surface area contributed by atoms with E-state index in [4.69, 9.17) is 5.14 Å². The van der Waals surface area contributed by atoms with Crippen molar-refractivity contribution in [2.45, 2.75) is 19.4 Å². The van der Waals surface area contributed by atoms with Crippen LogP contribution >= 0.6 is 0 Å². The van der Waals surface area contributed by atoms with Crippen LogP contribution in [0.1, 0.15) is 12.8 Å². The number of nitrogens with one attached hydrogen (secondary N) is 1. The lowest BCUT2D eigenvalue weighted by molar-refractivity contribution is -0.133. The lowest BCUT2D eigenvalue weighted by atomic mass is 9.98. The van der Waals surface area contributed by atoms with Gasteiger partial charge in [0.2, 0.25) is 5.91 Å². The van der Waals surface area contributed by atoms with Gasteiger partial charge in [-0.2, -0.15) is 8.42 Å². The van der Waals surface area contributed by atoms with Gasteiger partial charge in [0.15, 0.2) is 0 Å². The highest BCUT2D eigenvalue weighted by Gasteiger charge is 2.25. The SMILES string of the molecule is Cn1c(=O)n(CC(=O)N2CCCC(CNS(N)(=O)=O)C2)c2ccccc21. The normalized spacial score (nSPS) is 18.4. The van der Waals surface area contributed by atoms with E-state index in [9.17, 15) is 18.0 Å². The first-order valence-electron chi connectivity index (χ1n) is 8.45. The molecule has 0 saturated carbocycles. The molecule has 1 aliphatic heterocycles. The summed E-state index contributed by atoms with van der Waals surface area (Å²) in [6.07, 6.45) is 1.60. The van der Waals surface area contributed by atoms with Crippen molar-refractivity contribution < 1.29 is 13.2 Å². The van der Waals surface area contributed by atoms with Gasteiger partial charge in [0.05, 0.1) is 11.0 Å². The van der Waals surface area contributed by atoms with Gasteiger partial charge in [0.25, 0.3) is 10.2 Å². The Hall–Kier alpha value is -2.17. The van der Waals surface area contributed by atoms with Gasteiger partial charge in [0, 0.05) is 26.7 Å². The second-order valence-electron chi connectivity index (χ2n) is 6.66. The summed E-state index contributed by atoms with van der Waals surface area (Å²) >= 11 is 0. The number of amides is 1. The summed E-state index contributed by atoms with van der Waals surface area (Å²) in [5.41, 5.74) is 1.26. The summed E-state index contributed by atoms with van der Waals surface area (Å²) in [5.74, 6) is -0.140. The minimum absolute atomic E-state index is 0.00950. The average Bonchev–Trinajstić information content (AvgIpc) is 2.85. The molecule has 26 heavy (non-hydrogen) atoms. The van der Waals surface area contributed by atoms with Crippen LogP contribution in [0.5, 0.6) is 0 Å². The summed E-state index contributed by atoms with van der Waals surface area (Å²) in [6, 6.07) is 7.34. The van der Waals surface area contributed by atoms with Crippen LogP contribution in [0.3, 0.4) is 0 Å². The first-order chi connectivity index (χ1) is 12.3. The van der Waals surface area contributed by atoms with Crippen LogP contribution in [-0.2, 0) is 28.6 Å². The van der Waals surface area contributed by atoms with Gasteiger partial charge >= 0.3 is 5.69 Å². The smallest absolute Gasteiger partial charge is 0.329 e. The van der Waals surface area contributed by atoms with Crippen molar-refractivity contribution in [3.8, 4) is 0 Å². The van der Waals surface area contributed by atoms with Crippen molar-refractivity contribution in [2.75, 3.05) is 19.6 Å². The average molecular weight is 381 g/mol. The van der Waals surface area contributed by atoms with Gasteiger partial charge in [-0.3, -0.25) is 13.9 Å². The zero-order valence-corrected chi connectivity index (χ0v) is 15.4. The van der Waals surface area contributed by atoms with Crippen molar-refractivity contribution in [3.05, 3.63) is 34.7 Å². The van der Waals surface area contributed by atoms with Crippen molar-refractivity contribution in [2.24, 2.45) is 18.1 Å². The molecule has 0 bridgehead atoms. The number of para-hydroxylation sites is 2. The van der Waals surface area contributed by atoms with Crippen LogP contribution in [-0.4, -0.2) is 48.0 Å². The van der Waals surface area contributed by atoms with Crippen molar-refractivity contribution in [1.82, 2.24) is 18.8 Å². The summed E-state index contributed by atoms with van der Waals surface area (Å²) in [6.45, 7) is 1.22. The minimum atomic E-state index is -3.74. The first kappa shape index (κ1) is 18.6. The highest BCUT2D eigenvalue weighted by atomic mass is 32.2. The van der Waals surface area contributed by atoms with Gasteiger partial charge in [-0.05, 0) is 30.9 Å². The van der Waals surface area contributed by atoms with E-state index in [2.05, 4.69) is 4.72 Å². The largest absolute Gasteiger partial charge is 0.341 e. The molecule has 9 nitrogen and oxygen atoms in total. The lowest BCUT2D eigenvalue weighted by Crippen LogP contribution is -2.46. The van der Waals surface area contributed by atoms with Crippen LogP contribution in [0.15, 0.2) is 29.1 Å². The number of carbonyl (C=O) groups excluding carboxylic acids is 1. The molecule has 3 rings (SSSR count). The van der Waals surface area contributed by atoms with Gasteiger partial charge in [-0.15, -0.1) is 0 Å². The number of benzene rings is 1. The molecule has 10 heteroatoms. The van der Waals surface area contributed by atoms with E-state index in [1.54, 1.807) is 11.9 Å². The first-order valence-corrected chi connectivity index (χ1v) is 10.0. The van der Waals surface area contributed by atoms with E-state index in [0.29, 0.717) is 13.1 Å². The Bertz CT molecular complexity index is 978. The van der Waals surface area contributed by atoms with E-state index >= 15 is 0 Å². The molecule has 0 radical (unpaired) electrons. The highest BCUT2D eigenvalue weighted by molar-refractivity contribution is 7.87. The monoisotopic (exact) mass is 381 g/mol. The van der Waals surface area contributed by atoms with Gasteiger partial charge in [-0.25, -0.2) is 14.7 Å². The Morgan fingerprint density at radius 1 is 1.31 bits per heavy atom. The van der Waals surface area contributed by atoms with Gasteiger partial charge in [0.1, 0.15) is 6.54 Å². The Kier molecular flexibility index (Phi) is 5.17. The maximum absolute atomic E-state index is 12.7. The number of hydrogen-bond acceptors (Lipinski definition) is 4. The third-order valence-corrected chi connectivity index (χ3v) is 5.36. The van der Waals surface area contributed by atoms with Crippen LogP contribution in [0.25, 0.3) is 11.0 Å². The molecule has 1 aromatic heterocycles. The third kappa shape index (κ3) is 3.97. The zero-order valence-electron chi connectivity index (χ0n) is 14.6. The molecule has 3 N–H and O–H groups in total. The molecule has 1 fully saturated rings.